The largest absolute Gasteiger partial charge is 0.361 e. The van der Waals surface area contributed by atoms with E-state index < -0.39 is 5.92 Å². The van der Waals surface area contributed by atoms with Crippen LogP contribution in [-0.4, -0.2) is 39.1 Å². The van der Waals surface area contributed by atoms with Crippen molar-refractivity contribution in [3.05, 3.63) is 82.7 Å². The number of rotatable bonds is 6. The van der Waals surface area contributed by atoms with Gasteiger partial charge in [-0.25, -0.2) is 0 Å². The summed E-state index contributed by atoms with van der Waals surface area (Å²) in [4.78, 5) is 22.5. The highest BCUT2D eigenvalue weighted by Gasteiger charge is 2.29. The quantitative estimate of drug-likeness (QED) is 0.435. The van der Waals surface area contributed by atoms with E-state index in [4.69, 9.17) is 0 Å². The lowest BCUT2D eigenvalue weighted by Crippen LogP contribution is -2.44. The van der Waals surface area contributed by atoms with Crippen molar-refractivity contribution >= 4 is 10.9 Å². The first-order chi connectivity index (χ1) is 15.8. The SMILES string of the molecule is CCCN1CC(c2c[nH]c3cc(-n4ccc(-c5ccc(C(C)(F)F)nc5)cc4=O)ccc23)C1. The van der Waals surface area contributed by atoms with Crippen LogP contribution in [0.5, 0.6) is 0 Å². The fourth-order valence-electron chi connectivity index (χ4n) is 4.59. The molecule has 0 amide bonds. The van der Waals surface area contributed by atoms with Gasteiger partial charge in [-0.05, 0) is 48.4 Å². The molecule has 5 nitrogen and oxygen atoms in total. The van der Waals surface area contributed by atoms with Crippen molar-refractivity contribution in [1.82, 2.24) is 19.4 Å². The van der Waals surface area contributed by atoms with Crippen molar-refractivity contribution < 1.29 is 8.78 Å². The second kappa shape index (κ2) is 8.23. The number of alkyl halides is 2. The van der Waals surface area contributed by atoms with Crippen molar-refractivity contribution in [2.75, 3.05) is 19.6 Å². The van der Waals surface area contributed by atoms with Crippen LogP contribution in [-0.2, 0) is 5.92 Å². The molecule has 3 aromatic heterocycles. The number of benzene rings is 1. The van der Waals surface area contributed by atoms with Crippen LogP contribution in [0.2, 0.25) is 0 Å². The molecule has 5 rings (SSSR count). The van der Waals surface area contributed by atoms with E-state index in [1.807, 2.05) is 12.1 Å². The maximum atomic E-state index is 13.4. The van der Waals surface area contributed by atoms with Gasteiger partial charge < -0.3 is 9.88 Å². The normalized spacial score (nSPS) is 15.2. The summed E-state index contributed by atoms with van der Waals surface area (Å²) in [6.45, 7) is 6.35. The third-order valence-corrected chi connectivity index (χ3v) is 6.38. The van der Waals surface area contributed by atoms with Crippen LogP contribution in [0.4, 0.5) is 8.78 Å². The predicted molar refractivity (Wildman–Crippen MR) is 126 cm³/mol. The zero-order valence-electron chi connectivity index (χ0n) is 18.7. The number of nitrogens with zero attached hydrogens (tertiary/aromatic N) is 3. The summed E-state index contributed by atoms with van der Waals surface area (Å²) in [5, 5.41) is 1.20. The van der Waals surface area contributed by atoms with Gasteiger partial charge >= 0.3 is 0 Å². The lowest BCUT2D eigenvalue weighted by Gasteiger charge is -2.39. The zero-order chi connectivity index (χ0) is 23.2. The lowest BCUT2D eigenvalue weighted by molar-refractivity contribution is 0.0128. The second-order valence-electron chi connectivity index (χ2n) is 8.87. The molecule has 1 aliphatic rings. The summed E-state index contributed by atoms with van der Waals surface area (Å²) in [5.74, 6) is -2.45. The molecule has 33 heavy (non-hydrogen) atoms. The fourth-order valence-corrected chi connectivity index (χ4v) is 4.59. The van der Waals surface area contributed by atoms with Gasteiger partial charge in [0, 0.05) is 67.1 Å². The molecule has 1 N–H and O–H groups in total. The van der Waals surface area contributed by atoms with Crippen LogP contribution in [0.1, 0.15) is 37.4 Å². The molecule has 0 saturated carbocycles. The highest BCUT2D eigenvalue weighted by Crippen LogP contribution is 2.33. The Labute approximate surface area is 190 Å². The minimum atomic E-state index is -2.99. The average molecular weight is 449 g/mol. The third-order valence-electron chi connectivity index (χ3n) is 6.38. The molecular formula is C26H26F2N4O. The number of fused-ring (bicyclic) bond motifs is 1. The topological polar surface area (TPSA) is 53.9 Å². The smallest absolute Gasteiger partial charge is 0.286 e. The Balaban J connectivity index is 1.39. The molecule has 0 spiro atoms. The maximum Gasteiger partial charge on any atom is 0.286 e. The Morgan fingerprint density at radius 2 is 1.94 bits per heavy atom. The van der Waals surface area contributed by atoms with E-state index in [1.165, 1.54) is 35.7 Å². The highest BCUT2D eigenvalue weighted by atomic mass is 19.3. The first kappa shape index (κ1) is 21.5. The minimum Gasteiger partial charge on any atom is -0.361 e. The number of hydrogen-bond donors (Lipinski definition) is 1. The van der Waals surface area contributed by atoms with Crippen molar-refractivity contribution in [1.29, 1.82) is 0 Å². The van der Waals surface area contributed by atoms with E-state index in [2.05, 4.69) is 34.1 Å². The number of nitrogens with one attached hydrogen (secondary N) is 1. The summed E-state index contributed by atoms with van der Waals surface area (Å²) in [5.41, 5.74) is 3.88. The Hall–Kier alpha value is -3.32. The van der Waals surface area contributed by atoms with Crippen LogP contribution in [0.25, 0.3) is 27.7 Å². The number of pyridine rings is 2. The van der Waals surface area contributed by atoms with E-state index in [-0.39, 0.29) is 11.3 Å². The molecular weight excluding hydrogens is 422 g/mol. The molecule has 0 atom stereocenters. The molecule has 0 unspecified atom stereocenters. The number of H-pyrrole nitrogens is 1. The van der Waals surface area contributed by atoms with Gasteiger partial charge in [-0.15, -0.1) is 0 Å². The van der Waals surface area contributed by atoms with E-state index in [1.54, 1.807) is 22.9 Å². The molecule has 0 bridgehead atoms. The third kappa shape index (κ3) is 4.09. The number of aromatic nitrogens is 3. The number of halogens is 2. The van der Waals surface area contributed by atoms with Crippen LogP contribution < -0.4 is 5.56 Å². The molecule has 1 aliphatic heterocycles. The van der Waals surface area contributed by atoms with Crippen LogP contribution in [0.15, 0.2) is 65.8 Å². The molecule has 1 aromatic carbocycles. The summed E-state index contributed by atoms with van der Waals surface area (Å²) >= 11 is 0. The van der Waals surface area contributed by atoms with Gasteiger partial charge in [0.1, 0.15) is 5.69 Å². The minimum absolute atomic E-state index is 0.197. The number of likely N-dealkylation sites (tertiary alicyclic amines) is 1. The Morgan fingerprint density at radius 1 is 1.12 bits per heavy atom. The lowest BCUT2D eigenvalue weighted by atomic mass is 9.91. The van der Waals surface area contributed by atoms with Crippen molar-refractivity contribution in [2.45, 2.75) is 32.1 Å². The standard InChI is InChI=1S/C26H26F2N4O/c1-3-9-31-15-19(16-31)22-14-29-23-12-20(5-6-21(22)23)32-10-8-17(11-25(32)33)18-4-7-24(30-13-18)26(2,27)28/h4-8,10-14,19,29H,3,9,15-16H2,1-2H3. The van der Waals surface area contributed by atoms with Crippen molar-refractivity contribution in [2.24, 2.45) is 0 Å². The van der Waals surface area contributed by atoms with E-state index >= 15 is 0 Å². The summed E-state index contributed by atoms with van der Waals surface area (Å²) in [6.07, 6.45) is 6.35. The Kier molecular flexibility index (Phi) is 5.37. The molecule has 1 fully saturated rings. The maximum absolute atomic E-state index is 13.4. The summed E-state index contributed by atoms with van der Waals surface area (Å²) in [6, 6.07) is 12.2. The van der Waals surface area contributed by atoms with Gasteiger partial charge in [0.15, 0.2) is 0 Å². The molecule has 0 aliphatic carbocycles. The Bertz CT molecular complexity index is 1350. The van der Waals surface area contributed by atoms with Crippen LogP contribution >= 0.6 is 0 Å². The van der Waals surface area contributed by atoms with E-state index in [9.17, 15) is 13.6 Å². The fraction of sp³-hybridized carbons (Fsp3) is 0.308. The van der Waals surface area contributed by atoms with Crippen molar-refractivity contribution in [3.63, 3.8) is 0 Å². The van der Waals surface area contributed by atoms with Gasteiger partial charge in [-0.2, -0.15) is 8.78 Å². The molecule has 1 saturated heterocycles. The number of hydrogen-bond acceptors (Lipinski definition) is 3. The molecule has 0 radical (unpaired) electrons. The predicted octanol–water partition coefficient (Wildman–Crippen LogP) is 5.30. The van der Waals surface area contributed by atoms with Crippen LogP contribution in [0, 0.1) is 0 Å². The first-order valence-corrected chi connectivity index (χ1v) is 11.2. The molecule has 4 aromatic rings. The van der Waals surface area contributed by atoms with Gasteiger partial charge in [-0.3, -0.25) is 14.3 Å². The zero-order valence-corrected chi connectivity index (χ0v) is 18.7. The second-order valence-corrected chi connectivity index (χ2v) is 8.87. The van der Waals surface area contributed by atoms with Crippen LogP contribution in [0.3, 0.4) is 0 Å². The highest BCUT2D eigenvalue weighted by molar-refractivity contribution is 5.85. The van der Waals surface area contributed by atoms with Gasteiger partial charge in [0.2, 0.25) is 0 Å². The molecule has 7 heteroatoms. The van der Waals surface area contributed by atoms with Gasteiger partial charge in [0.05, 0.1) is 5.69 Å². The monoisotopic (exact) mass is 448 g/mol. The van der Waals surface area contributed by atoms with Crippen molar-refractivity contribution in [3.8, 4) is 16.8 Å². The summed E-state index contributed by atoms with van der Waals surface area (Å²) < 4.78 is 28.4. The first-order valence-electron chi connectivity index (χ1n) is 11.2. The van der Waals surface area contributed by atoms with E-state index in [0.717, 1.165) is 37.8 Å². The van der Waals surface area contributed by atoms with E-state index in [0.29, 0.717) is 17.0 Å². The van der Waals surface area contributed by atoms with Gasteiger partial charge in [-0.1, -0.05) is 19.1 Å². The summed E-state index contributed by atoms with van der Waals surface area (Å²) in [7, 11) is 0. The van der Waals surface area contributed by atoms with Gasteiger partial charge in [0.25, 0.3) is 11.5 Å². The average Bonchev–Trinajstić information content (AvgIpc) is 3.18. The molecule has 4 heterocycles. The molecule has 170 valence electrons. The Morgan fingerprint density at radius 3 is 2.61 bits per heavy atom. The number of aromatic amines is 1.